The lowest BCUT2D eigenvalue weighted by molar-refractivity contribution is -0.162. The minimum atomic E-state index is -0.930. The quantitative estimate of drug-likeness (QED) is 0.603. The zero-order valence-corrected chi connectivity index (χ0v) is 18.9. The number of aromatic nitrogens is 1. The Morgan fingerprint density at radius 1 is 1.18 bits per heavy atom. The topological polar surface area (TPSA) is 116 Å². The Morgan fingerprint density at radius 2 is 2.00 bits per heavy atom. The molecule has 0 spiro atoms. The van der Waals surface area contributed by atoms with E-state index in [0.29, 0.717) is 47.1 Å². The molecular formula is C25H28N2O7. The largest absolute Gasteiger partial charge is 0.479 e. The number of hydrogen-bond acceptors (Lipinski definition) is 7. The molecule has 1 aromatic heterocycles. The summed E-state index contributed by atoms with van der Waals surface area (Å²) >= 11 is 0. The summed E-state index contributed by atoms with van der Waals surface area (Å²) in [5, 5.41) is 12.2. The van der Waals surface area contributed by atoms with Gasteiger partial charge in [-0.15, -0.1) is 0 Å². The SMILES string of the molecule is C[C@@H](OC1CC2CCC1CC2CNC(=O)c1cccnc1Oc1ccc2c(c1)OCO2)C(=O)O. The molecule has 9 heteroatoms. The molecule has 0 saturated heterocycles. The number of rotatable bonds is 8. The van der Waals surface area contributed by atoms with Crippen molar-refractivity contribution in [3.63, 3.8) is 0 Å². The van der Waals surface area contributed by atoms with Crippen molar-refractivity contribution >= 4 is 11.9 Å². The van der Waals surface area contributed by atoms with Crippen LogP contribution in [0.4, 0.5) is 0 Å². The average Bonchev–Trinajstić information content (AvgIpc) is 3.31. The van der Waals surface area contributed by atoms with Crippen molar-refractivity contribution in [1.29, 1.82) is 0 Å². The second-order valence-corrected chi connectivity index (χ2v) is 9.17. The number of carboxylic acid groups (broad SMARTS) is 1. The molecule has 1 aromatic carbocycles. The summed E-state index contributed by atoms with van der Waals surface area (Å²) < 4.78 is 22.4. The Balaban J connectivity index is 1.19. The minimum Gasteiger partial charge on any atom is -0.479 e. The number of aliphatic carboxylic acids is 1. The van der Waals surface area contributed by atoms with E-state index in [1.807, 2.05) is 0 Å². The Morgan fingerprint density at radius 3 is 2.79 bits per heavy atom. The molecule has 3 fully saturated rings. The molecule has 2 bridgehead atoms. The maximum absolute atomic E-state index is 13.0. The predicted octanol–water partition coefficient (Wildman–Crippen LogP) is 3.63. The van der Waals surface area contributed by atoms with Gasteiger partial charge in [-0.25, -0.2) is 9.78 Å². The van der Waals surface area contributed by atoms with Crippen molar-refractivity contribution < 1.29 is 33.6 Å². The van der Waals surface area contributed by atoms with Crippen LogP contribution in [0.2, 0.25) is 0 Å². The highest BCUT2D eigenvalue weighted by Gasteiger charge is 2.43. The first-order chi connectivity index (χ1) is 16.5. The van der Waals surface area contributed by atoms with Gasteiger partial charge in [0, 0.05) is 18.8 Å². The number of hydrogen-bond donors (Lipinski definition) is 2. The summed E-state index contributed by atoms with van der Waals surface area (Å²) in [5.41, 5.74) is 0.359. The Hall–Kier alpha value is -3.33. The Bertz CT molecular complexity index is 1070. The molecule has 1 aliphatic heterocycles. The number of carboxylic acids is 1. The van der Waals surface area contributed by atoms with Gasteiger partial charge < -0.3 is 29.4 Å². The van der Waals surface area contributed by atoms with Gasteiger partial charge in [0.05, 0.1) is 6.10 Å². The van der Waals surface area contributed by atoms with E-state index < -0.39 is 12.1 Å². The van der Waals surface area contributed by atoms with Crippen LogP contribution in [0.5, 0.6) is 23.1 Å². The molecule has 1 amide bonds. The molecule has 6 rings (SSSR count). The molecule has 180 valence electrons. The highest BCUT2D eigenvalue weighted by Crippen LogP contribution is 2.46. The second-order valence-electron chi connectivity index (χ2n) is 9.17. The van der Waals surface area contributed by atoms with Crippen LogP contribution in [-0.4, -0.2) is 47.5 Å². The third-order valence-corrected chi connectivity index (χ3v) is 7.07. The summed E-state index contributed by atoms with van der Waals surface area (Å²) in [7, 11) is 0. The van der Waals surface area contributed by atoms with Crippen molar-refractivity contribution in [2.45, 2.75) is 44.8 Å². The van der Waals surface area contributed by atoms with E-state index in [9.17, 15) is 9.59 Å². The number of carbonyl (C=O) groups is 2. The van der Waals surface area contributed by atoms with Crippen LogP contribution in [0.25, 0.3) is 0 Å². The molecule has 3 aliphatic carbocycles. The first kappa shape index (κ1) is 22.5. The summed E-state index contributed by atoms with van der Waals surface area (Å²) in [6, 6.07) is 8.60. The average molecular weight is 469 g/mol. The molecule has 2 heterocycles. The van der Waals surface area contributed by atoms with Gasteiger partial charge in [0.1, 0.15) is 11.3 Å². The summed E-state index contributed by atoms with van der Waals surface area (Å²) in [6.07, 6.45) is 4.66. The van der Waals surface area contributed by atoms with Crippen LogP contribution in [-0.2, 0) is 9.53 Å². The fraction of sp³-hybridized carbons (Fsp3) is 0.480. The number of nitrogens with one attached hydrogen (secondary N) is 1. The lowest BCUT2D eigenvalue weighted by Crippen LogP contribution is -2.47. The lowest BCUT2D eigenvalue weighted by atomic mass is 9.63. The van der Waals surface area contributed by atoms with Crippen molar-refractivity contribution in [1.82, 2.24) is 10.3 Å². The van der Waals surface area contributed by atoms with E-state index in [4.69, 9.17) is 24.1 Å². The zero-order valence-electron chi connectivity index (χ0n) is 18.9. The monoisotopic (exact) mass is 468 g/mol. The summed E-state index contributed by atoms with van der Waals surface area (Å²) in [4.78, 5) is 28.4. The molecule has 4 unspecified atom stereocenters. The standard InChI is InChI=1S/C25H28N2O7/c1-14(25(29)30)33-21-10-15-4-5-16(21)9-17(15)12-27-23(28)19-3-2-8-26-24(19)34-18-6-7-20-22(11-18)32-13-31-20/h2-3,6-8,11,14-17,21H,4-5,9-10,12-13H2,1H3,(H,27,28)(H,29,30)/t14-,15?,16?,17?,21?/m1/s1. The Labute approximate surface area is 197 Å². The van der Waals surface area contributed by atoms with E-state index in [0.717, 1.165) is 25.7 Å². The normalized spacial score (nSPS) is 25.6. The van der Waals surface area contributed by atoms with Crippen molar-refractivity contribution in [3.05, 3.63) is 42.1 Å². The van der Waals surface area contributed by atoms with Gasteiger partial charge >= 0.3 is 5.97 Å². The number of pyridine rings is 1. The van der Waals surface area contributed by atoms with Crippen molar-refractivity contribution in [3.8, 4) is 23.1 Å². The first-order valence-electron chi connectivity index (χ1n) is 11.7. The van der Waals surface area contributed by atoms with Gasteiger partial charge in [0.25, 0.3) is 5.91 Å². The fourth-order valence-electron chi connectivity index (χ4n) is 5.25. The number of ether oxygens (including phenoxy) is 4. The Kier molecular flexibility index (Phi) is 6.28. The third-order valence-electron chi connectivity index (χ3n) is 7.07. The summed E-state index contributed by atoms with van der Waals surface area (Å²) in [6.45, 7) is 2.31. The third kappa shape index (κ3) is 4.65. The van der Waals surface area contributed by atoms with Crippen LogP contribution >= 0.6 is 0 Å². The smallest absolute Gasteiger partial charge is 0.332 e. The van der Waals surface area contributed by atoms with Gasteiger partial charge in [-0.1, -0.05) is 0 Å². The van der Waals surface area contributed by atoms with Crippen LogP contribution in [0.1, 0.15) is 43.0 Å². The van der Waals surface area contributed by atoms with E-state index in [1.54, 1.807) is 43.5 Å². The highest BCUT2D eigenvalue weighted by molar-refractivity contribution is 5.96. The van der Waals surface area contributed by atoms with Crippen LogP contribution in [0.3, 0.4) is 0 Å². The van der Waals surface area contributed by atoms with E-state index in [2.05, 4.69) is 10.3 Å². The molecule has 2 aromatic rings. The molecule has 2 N–H and O–H groups in total. The van der Waals surface area contributed by atoms with Gasteiger partial charge in [0.2, 0.25) is 12.7 Å². The molecule has 3 saturated carbocycles. The molecule has 0 radical (unpaired) electrons. The lowest BCUT2D eigenvalue weighted by Gasteiger charge is -2.47. The van der Waals surface area contributed by atoms with Gasteiger partial charge in [-0.05, 0) is 74.6 Å². The van der Waals surface area contributed by atoms with E-state index in [-0.39, 0.29) is 24.7 Å². The van der Waals surface area contributed by atoms with Crippen molar-refractivity contribution in [2.75, 3.05) is 13.3 Å². The van der Waals surface area contributed by atoms with Crippen LogP contribution in [0.15, 0.2) is 36.5 Å². The van der Waals surface area contributed by atoms with Crippen molar-refractivity contribution in [2.24, 2.45) is 17.8 Å². The van der Waals surface area contributed by atoms with Gasteiger partial charge in [-0.2, -0.15) is 0 Å². The molecule has 5 atom stereocenters. The fourth-order valence-corrected chi connectivity index (χ4v) is 5.25. The summed E-state index contributed by atoms with van der Waals surface area (Å²) in [5.74, 6) is 1.88. The van der Waals surface area contributed by atoms with Gasteiger partial charge in [-0.3, -0.25) is 4.79 Å². The molecule has 4 aliphatic rings. The number of amides is 1. The number of benzene rings is 1. The second kappa shape index (κ2) is 9.50. The van der Waals surface area contributed by atoms with E-state index in [1.165, 1.54) is 0 Å². The van der Waals surface area contributed by atoms with E-state index >= 15 is 0 Å². The number of nitrogens with zero attached hydrogens (tertiary/aromatic N) is 1. The zero-order chi connectivity index (χ0) is 23.7. The first-order valence-corrected chi connectivity index (χ1v) is 11.7. The maximum Gasteiger partial charge on any atom is 0.332 e. The van der Waals surface area contributed by atoms with Crippen LogP contribution in [0, 0.1) is 17.8 Å². The van der Waals surface area contributed by atoms with Gasteiger partial charge in [0.15, 0.2) is 17.6 Å². The molecule has 9 nitrogen and oxygen atoms in total. The molecule has 34 heavy (non-hydrogen) atoms. The number of fused-ring (bicyclic) bond motifs is 4. The minimum absolute atomic E-state index is 0.0168. The maximum atomic E-state index is 13.0. The highest BCUT2D eigenvalue weighted by atomic mass is 16.7. The number of carbonyl (C=O) groups excluding carboxylic acids is 1. The molecular weight excluding hydrogens is 440 g/mol. The van der Waals surface area contributed by atoms with Crippen LogP contribution < -0.4 is 19.5 Å². The predicted molar refractivity (Wildman–Crippen MR) is 120 cm³/mol.